The van der Waals surface area contributed by atoms with Crippen LogP contribution in [0.4, 0.5) is 0 Å². The van der Waals surface area contributed by atoms with Gasteiger partial charge in [-0.3, -0.25) is 4.79 Å². The second-order valence-electron chi connectivity index (χ2n) is 3.79. The number of hydrogen-bond acceptors (Lipinski definition) is 2. The van der Waals surface area contributed by atoms with Gasteiger partial charge in [0.15, 0.2) is 0 Å². The van der Waals surface area contributed by atoms with Gasteiger partial charge in [-0.1, -0.05) is 6.92 Å². The Kier molecular flexibility index (Phi) is 3.09. The van der Waals surface area contributed by atoms with E-state index in [4.69, 9.17) is 5.11 Å². The second kappa shape index (κ2) is 3.90. The molecule has 1 aliphatic rings. The SMILES string of the molecule is CC1CCN(C[C@H](C)O)C(=O)C1. The predicted molar refractivity (Wildman–Crippen MR) is 46.7 cm³/mol. The van der Waals surface area contributed by atoms with Crippen LogP contribution in [0.1, 0.15) is 26.7 Å². The van der Waals surface area contributed by atoms with E-state index in [0.717, 1.165) is 13.0 Å². The monoisotopic (exact) mass is 171 g/mol. The Morgan fingerprint density at radius 2 is 2.42 bits per heavy atom. The number of nitrogens with zero attached hydrogens (tertiary/aromatic N) is 1. The molecule has 0 saturated carbocycles. The Hall–Kier alpha value is -0.570. The van der Waals surface area contributed by atoms with E-state index in [0.29, 0.717) is 18.9 Å². The van der Waals surface area contributed by atoms with Crippen molar-refractivity contribution in [2.75, 3.05) is 13.1 Å². The number of carbonyl (C=O) groups excluding carboxylic acids is 1. The van der Waals surface area contributed by atoms with Gasteiger partial charge in [0.25, 0.3) is 0 Å². The molecule has 1 amide bonds. The molecule has 70 valence electrons. The maximum absolute atomic E-state index is 11.4. The van der Waals surface area contributed by atoms with Gasteiger partial charge in [-0.15, -0.1) is 0 Å². The lowest BCUT2D eigenvalue weighted by atomic mass is 9.98. The van der Waals surface area contributed by atoms with E-state index in [1.165, 1.54) is 0 Å². The van der Waals surface area contributed by atoms with Crippen LogP contribution in [0.2, 0.25) is 0 Å². The third kappa shape index (κ3) is 2.48. The van der Waals surface area contributed by atoms with Crippen LogP contribution in [0, 0.1) is 5.92 Å². The van der Waals surface area contributed by atoms with Crippen molar-refractivity contribution in [2.24, 2.45) is 5.92 Å². The molecule has 1 N–H and O–H groups in total. The van der Waals surface area contributed by atoms with E-state index in [1.54, 1.807) is 11.8 Å². The van der Waals surface area contributed by atoms with Gasteiger partial charge in [0, 0.05) is 19.5 Å². The Morgan fingerprint density at radius 1 is 1.75 bits per heavy atom. The predicted octanol–water partition coefficient (Wildman–Crippen LogP) is 0.626. The number of aliphatic hydroxyl groups is 1. The highest BCUT2D eigenvalue weighted by atomic mass is 16.3. The molecule has 1 unspecified atom stereocenters. The fourth-order valence-electron chi connectivity index (χ4n) is 1.54. The molecule has 1 saturated heterocycles. The lowest BCUT2D eigenvalue weighted by Gasteiger charge is -2.30. The topological polar surface area (TPSA) is 40.5 Å². The minimum atomic E-state index is -0.401. The quantitative estimate of drug-likeness (QED) is 0.662. The summed E-state index contributed by atoms with van der Waals surface area (Å²) in [5, 5.41) is 9.09. The molecule has 1 rings (SSSR count). The zero-order valence-electron chi connectivity index (χ0n) is 7.79. The lowest BCUT2D eigenvalue weighted by Crippen LogP contribution is -2.41. The van der Waals surface area contributed by atoms with Crippen LogP contribution in [-0.2, 0) is 4.79 Å². The Morgan fingerprint density at radius 3 is 2.92 bits per heavy atom. The van der Waals surface area contributed by atoms with E-state index in [1.807, 2.05) is 0 Å². The van der Waals surface area contributed by atoms with Crippen molar-refractivity contribution in [3.05, 3.63) is 0 Å². The van der Waals surface area contributed by atoms with E-state index >= 15 is 0 Å². The van der Waals surface area contributed by atoms with Crippen LogP contribution in [0.3, 0.4) is 0 Å². The number of aliphatic hydroxyl groups excluding tert-OH is 1. The van der Waals surface area contributed by atoms with Crippen molar-refractivity contribution >= 4 is 5.91 Å². The van der Waals surface area contributed by atoms with Crippen LogP contribution in [0.25, 0.3) is 0 Å². The molecule has 0 aliphatic carbocycles. The molecule has 2 atom stereocenters. The number of β-amino-alcohol motifs (C(OH)–C–C–N with tert-alkyl or cyclic N) is 1. The zero-order chi connectivity index (χ0) is 9.14. The number of rotatable bonds is 2. The summed E-state index contributed by atoms with van der Waals surface area (Å²) >= 11 is 0. The molecule has 0 aromatic heterocycles. The summed E-state index contributed by atoms with van der Waals surface area (Å²) < 4.78 is 0. The fraction of sp³-hybridized carbons (Fsp3) is 0.889. The van der Waals surface area contributed by atoms with E-state index < -0.39 is 6.10 Å². The summed E-state index contributed by atoms with van der Waals surface area (Å²) in [7, 11) is 0. The highest BCUT2D eigenvalue weighted by molar-refractivity contribution is 5.77. The molecule has 12 heavy (non-hydrogen) atoms. The minimum absolute atomic E-state index is 0.189. The van der Waals surface area contributed by atoms with Crippen molar-refractivity contribution in [1.29, 1.82) is 0 Å². The summed E-state index contributed by atoms with van der Waals surface area (Å²) in [6.45, 7) is 5.11. The molecular weight excluding hydrogens is 154 g/mol. The third-order valence-electron chi connectivity index (χ3n) is 2.25. The van der Waals surface area contributed by atoms with Crippen molar-refractivity contribution in [3.8, 4) is 0 Å². The van der Waals surface area contributed by atoms with Crippen molar-refractivity contribution in [1.82, 2.24) is 4.90 Å². The van der Waals surface area contributed by atoms with Crippen molar-refractivity contribution in [3.63, 3.8) is 0 Å². The first-order chi connectivity index (χ1) is 5.59. The molecule has 1 aliphatic heterocycles. The summed E-state index contributed by atoms with van der Waals surface area (Å²) in [5.74, 6) is 0.706. The van der Waals surface area contributed by atoms with E-state index in [9.17, 15) is 4.79 Å². The Labute approximate surface area is 73.4 Å². The number of hydrogen-bond donors (Lipinski definition) is 1. The molecule has 0 aromatic carbocycles. The molecule has 0 bridgehead atoms. The van der Waals surface area contributed by atoms with Gasteiger partial charge in [-0.05, 0) is 19.3 Å². The number of carbonyl (C=O) groups is 1. The number of amides is 1. The Bertz CT molecular complexity index is 168. The molecule has 3 heteroatoms. The smallest absolute Gasteiger partial charge is 0.222 e. The van der Waals surface area contributed by atoms with Crippen LogP contribution < -0.4 is 0 Å². The van der Waals surface area contributed by atoms with Gasteiger partial charge >= 0.3 is 0 Å². The van der Waals surface area contributed by atoms with Crippen LogP contribution in [-0.4, -0.2) is 35.1 Å². The van der Waals surface area contributed by atoms with Crippen LogP contribution in [0.15, 0.2) is 0 Å². The second-order valence-corrected chi connectivity index (χ2v) is 3.79. The van der Waals surface area contributed by atoms with Crippen LogP contribution >= 0.6 is 0 Å². The average molecular weight is 171 g/mol. The lowest BCUT2D eigenvalue weighted by molar-refractivity contribution is -0.136. The molecule has 1 fully saturated rings. The molecule has 0 aromatic rings. The summed E-state index contributed by atoms with van der Waals surface area (Å²) in [4.78, 5) is 13.1. The Balaban J connectivity index is 2.40. The van der Waals surface area contributed by atoms with Crippen molar-refractivity contribution < 1.29 is 9.90 Å². The summed E-state index contributed by atoms with van der Waals surface area (Å²) in [6, 6.07) is 0. The van der Waals surface area contributed by atoms with Gasteiger partial charge < -0.3 is 10.0 Å². The van der Waals surface area contributed by atoms with Gasteiger partial charge in [0.05, 0.1) is 6.10 Å². The molecule has 0 radical (unpaired) electrons. The number of likely N-dealkylation sites (tertiary alicyclic amines) is 1. The first kappa shape index (κ1) is 9.52. The first-order valence-corrected chi connectivity index (χ1v) is 4.55. The molecule has 0 spiro atoms. The van der Waals surface area contributed by atoms with Gasteiger partial charge in [0.2, 0.25) is 5.91 Å². The van der Waals surface area contributed by atoms with Crippen molar-refractivity contribution in [2.45, 2.75) is 32.8 Å². The average Bonchev–Trinajstić information content (AvgIpc) is 1.94. The fourth-order valence-corrected chi connectivity index (χ4v) is 1.54. The minimum Gasteiger partial charge on any atom is -0.392 e. The highest BCUT2D eigenvalue weighted by Crippen LogP contribution is 2.17. The van der Waals surface area contributed by atoms with Gasteiger partial charge in [-0.25, -0.2) is 0 Å². The van der Waals surface area contributed by atoms with Crippen LogP contribution in [0.5, 0.6) is 0 Å². The zero-order valence-corrected chi connectivity index (χ0v) is 7.79. The summed E-state index contributed by atoms with van der Waals surface area (Å²) in [5.41, 5.74) is 0. The molecule has 3 nitrogen and oxygen atoms in total. The molecule has 1 heterocycles. The standard InChI is InChI=1S/C9H17NO2/c1-7-3-4-10(6-8(2)11)9(12)5-7/h7-8,11H,3-6H2,1-2H3/t7?,8-/m0/s1. The molecular formula is C9H17NO2. The first-order valence-electron chi connectivity index (χ1n) is 4.55. The van der Waals surface area contributed by atoms with E-state index in [-0.39, 0.29) is 5.91 Å². The van der Waals surface area contributed by atoms with Gasteiger partial charge in [-0.2, -0.15) is 0 Å². The third-order valence-corrected chi connectivity index (χ3v) is 2.25. The summed E-state index contributed by atoms with van der Waals surface area (Å²) in [6.07, 6.45) is 1.31. The van der Waals surface area contributed by atoms with E-state index in [2.05, 4.69) is 6.92 Å². The largest absolute Gasteiger partial charge is 0.392 e. The maximum Gasteiger partial charge on any atom is 0.222 e. The van der Waals surface area contributed by atoms with Gasteiger partial charge in [0.1, 0.15) is 0 Å². The highest BCUT2D eigenvalue weighted by Gasteiger charge is 2.23. The maximum atomic E-state index is 11.4. The number of piperidine rings is 1. The normalized spacial score (nSPS) is 27.4.